The summed E-state index contributed by atoms with van der Waals surface area (Å²) in [6.45, 7) is 0.0771. The van der Waals surface area contributed by atoms with Gasteiger partial charge in [-0.05, 0) is 11.1 Å². The maximum Gasteiger partial charge on any atom is 0.424 e. The average molecular weight is 421 g/mol. The fourth-order valence-corrected chi connectivity index (χ4v) is 4.34. The first-order chi connectivity index (χ1) is 14.9. The molecule has 2 aromatic carbocycles. The van der Waals surface area contributed by atoms with E-state index in [-0.39, 0.29) is 6.54 Å². The molecule has 4 rings (SSSR count). The highest BCUT2D eigenvalue weighted by molar-refractivity contribution is 6.07. The van der Waals surface area contributed by atoms with E-state index in [2.05, 4.69) is 0 Å². The smallest absolute Gasteiger partial charge is 0.424 e. The number of imide groups is 1. The lowest BCUT2D eigenvalue weighted by molar-refractivity contribution is -0.156. The molecule has 160 valence electrons. The third kappa shape index (κ3) is 3.60. The lowest BCUT2D eigenvalue weighted by Crippen LogP contribution is -2.61. The van der Waals surface area contributed by atoms with Crippen molar-refractivity contribution in [2.24, 2.45) is 5.92 Å². The third-order valence-corrected chi connectivity index (χ3v) is 5.84. The number of fused-ring (bicyclic) bond motifs is 1. The van der Waals surface area contributed by atoms with Gasteiger partial charge in [0.15, 0.2) is 6.23 Å². The van der Waals surface area contributed by atoms with Crippen molar-refractivity contribution in [1.29, 1.82) is 0 Å². The molecule has 2 N–H and O–H groups in total. The quantitative estimate of drug-likeness (QED) is 0.434. The van der Waals surface area contributed by atoms with Crippen molar-refractivity contribution in [3.63, 3.8) is 0 Å². The van der Waals surface area contributed by atoms with Crippen LogP contribution in [0.25, 0.3) is 0 Å². The van der Waals surface area contributed by atoms with Crippen molar-refractivity contribution in [1.82, 2.24) is 14.9 Å². The van der Waals surface area contributed by atoms with Crippen molar-refractivity contribution in [3.05, 3.63) is 83.9 Å². The van der Waals surface area contributed by atoms with E-state index in [1.165, 1.54) is 12.1 Å². The van der Waals surface area contributed by atoms with Crippen molar-refractivity contribution in [3.8, 4) is 0 Å². The van der Waals surface area contributed by atoms with E-state index in [4.69, 9.17) is 0 Å². The fourth-order valence-electron chi connectivity index (χ4n) is 4.34. The maximum absolute atomic E-state index is 12.7. The van der Waals surface area contributed by atoms with Gasteiger partial charge < -0.3 is 10.2 Å². The zero-order chi connectivity index (χ0) is 22.1. The Kier molecular flexibility index (Phi) is 5.58. The minimum absolute atomic E-state index is 0.0771. The van der Waals surface area contributed by atoms with Crippen molar-refractivity contribution < 1.29 is 24.6 Å². The van der Waals surface area contributed by atoms with Gasteiger partial charge in [0.1, 0.15) is 6.04 Å². The number of hydrogen-bond acceptors (Lipinski definition) is 5. The van der Waals surface area contributed by atoms with Crippen LogP contribution in [0.2, 0.25) is 0 Å². The van der Waals surface area contributed by atoms with Crippen molar-refractivity contribution >= 4 is 17.9 Å². The molecule has 1 saturated heterocycles. The highest BCUT2D eigenvalue weighted by atomic mass is 16.4. The van der Waals surface area contributed by atoms with Gasteiger partial charge in [0.05, 0.1) is 11.8 Å². The first-order valence-electron chi connectivity index (χ1n) is 9.96. The SMILES string of the molecule is CN1C(=O)C2C=CCN(N(C(=O)O)C(O)C(c3ccccc3)c3ccccc3)C2C1=O. The number of rotatable bonds is 5. The number of hydrogen-bond donors (Lipinski definition) is 2. The number of carboxylic acid groups (broad SMARTS) is 1. The maximum atomic E-state index is 12.7. The summed E-state index contributed by atoms with van der Waals surface area (Å²) in [6.07, 6.45) is 0.341. The van der Waals surface area contributed by atoms with Crippen molar-refractivity contribution in [2.45, 2.75) is 18.2 Å². The van der Waals surface area contributed by atoms with Gasteiger partial charge in [0.2, 0.25) is 11.8 Å². The van der Waals surface area contributed by atoms with Crippen LogP contribution in [-0.2, 0) is 9.59 Å². The highest BCUT2D eigenvalue weighted by Crippen LogP contribution is 2.35. The second kappa shape index (κ2) is 8.33. The normalized spacial score (nSPS) is 22.0. The molecule has 2 aromatic rings. The lowest BCUT2D eigenvalue weighted by atomic mass is 9.89. The molecule has 31 heavy (non-hydrogen) atoms. The zero-order valence-electron chi connectivity index (χ0n) is 16.9. The summed E-state index contributed by atoms with van der Waals surface area (Å²) in [5, 5.41) is 23.5. The monoisotopic (exact) mass is 421 g/mol. The number of nitrogens with zero attached hydrogens (tertiary/aromatic N) is 3. The van der Waals surface area contributed by atoms with E-state index in [1.54, 1.807) is 12.2 Å². The van der Waals surface area contributed by atoms with E-state index in [0.717, 1.165) is 21.0 Å². The number of carbonyl (C=O) groups excluding carboxylic acids is 2. The lowest BCUT2D eigenvalue weighted by Gasteiger charge is -2.42. The molecule has 3 atom stereocenters. The van der Waals surface area contributed by atoms with Gasteiger partial charge in [-0.25, -0.2) is 9.80 Å². The van der Waals surface area contributed by atoms with Gasteiger partial charge in [0.25, 0.3) is 0 Å². The molecule has 0 aromatic heterocycles. The number of aliphatic hydroxyl groups excluding tert-OH is 1. The number of aliphatic hydroxyl groups is 1. The van der Waals surface area contributed by atoms with E-state index >= 15 is 0 Å². The van der Waals surface area contributed by atoms with E-state index < -0.39 is 42.0 Å². The number of likely N-dealkylation sites (tertiary alicyclic amines) is 1. The second-order valence-corrected chi connectivity index (χ2v) is 7.60. The Morgan fingerprint density at radius 3 is 2.06 bits per heavy atom. The van der Waals surface area contributed by atoms with Crippen molar-refractivity contribution in [2.75, 3.05) is 13.6 Å². The molecule has 0 saturated carbocycles. The molecule has 2 aliphatic heterocycles. The average Bonchev–Trinajstić information content (AvgIpc) is 3.00. The van der Waals surface area contributed by atoms with Crippen LogP contribution in [0.3, 0.4) is 0 Å². The Hall–Kier alpha value is -3.49. The number of amides is 3. The third-order valence-electron chi connectivity index (χ3n) is 5.84. The Labute approximate surface area is 179 Å². The van der Waals surface area contributed by atoms with Gasteiger partial charge in [-0.2, -0.15) is 5.01 Å². The predicted molar refractivity (Wildman–Crippen MR) is 111 cm³/mol. The van der Waals surface area contributed by atoms with Gasteiger partial charge >= 0.3 is 6.09 Å². The Morgan fingerprint density at radius 2 is 1.55 bits per heavy atom. The summed E-state index contributed by atoms with van der Waals surface area (Å²) in [5.41, 5.74) is 1.45. The van der Waals surface area contributed by atoms with E-state index in [9.17, 15) is 24.6 Å². The summed E-state index contributed by atoms with van der Waals surface area (Å²) < 4.78 is 0. The summed E-state index contributed by atoms with van der Waals surface area (Å²) >= 11 is 0. The molecule has 3 amide bonds. The zero-order valence-corrected chi connectivity index (χ0v) is 16.9. The number of hydrazine groups is 1. The van der Waals surface area contributed by atoms with Crippen LogP contribution in [-0.4, -0.2) is 68.9 Å². The van der Waals surface area contributed by atoms with E-state index in [1.807, 2.05) is 60.7 Å². The number of benzene rings is 2. The minimum atomic E-state index is -1.52. The largest absolute Gasteiger partial charge is 0.464 e. The first kappa shape index (κ1) is 20.8. The fraction of sp³-hybridized carbons (Fsp3) is 0.261. The van der Waals surface area contributed by atoms with Gasteiger partial charge in [-0.15, -0.1) is 0 Å². The standard InChI is InChI=1S/C23H23N3O5/c1-24-20(27)17-13-8-14-25(19(17)22(24)29)26(23(30)31)21(28)18(15-9-4-2-5-10-15)16-11-6-3-7-12-16/h2-13,17-19,21,28H,14H2,1H3,(H,30,31). The molecular weight excluding hydrogens is 398 g/mol. The highest BCUT2D eigenvalue weighted by Gasteiger charge is 2.52. The molecule has 0 spiro atoms. The summed E-state index contributed by atoms with van der Waals surface area (Å²) in [5.74, 6) is -2.37. The van der Waals surface area contributed by atoms with Crippen LogP contribution in [0, 0.1) is 5.92 Å². The van der Waals surface area contributed by atoms with Crippen LogP contribution in [0.1, 0.15) is 17.0 Å². The van der Waals surface area contributed by atoms with Gasteiger partial charge in [-0.3, -0.25) is 14.5 Å². The Morgan fingerprint density at radius 1 is 1.00 bits per heavy atom. The number of carbonyl (C=O) groups is 3. The van der Waals surface area contributed by atoms with Gasteiger partial charge in [0, 0.05) is 13.6 Å². The molecule has 2 heterocycles. The van der Waals surface area contributed by atoms with Crippen LogP contribution in [0.5, 0.6) is 0 Å². The summed E-state index contributed by atoms with van der Waals surface area (Å²) in [6, 6.07) is 17.2. The molecule has 1 fully saturated rings. The molecular formula is C23H23N3O5. The van der Waals surface area contributed by atoms with Crippen LogP contribution in [0.4, 0.5) is 4.79 Å². The predicted octanol–water partition coefficient (Wildman–Crippen LogP) is 1.89. The van der Waals surface area contributed by atoms with E-state index in [0.29, 0.717) is 0 Å². The number of likely N-dealkylation sites (N-methyl/N-ethyl adjacent to an activating group) is 1. The first-order valence-corrected chi connectivity index (χ1v) is 9.96. The van der Waals surface area contributed by atoms with Crippen LogP contribution >= 0.6 is 0 Å². The molecule has 2 aliphatic rings. The molecule has 8 heteroatoms. The Balaban J connectivity index is 1.76. The minimum Gasteiger partial charge on any atom is -0.464 e. The molecule has 0 aliphatic carbocycles. The topological polar surface area (TPSA) is 101 Å². The molecule has 0 radical (unpaired) electrons. The Bertz CT molecular complexity index is 971. The van der Waals surface area contributed by atoms with Gasteiger partial charge in [-0.1, -0.05) is 72.8 Å². The summed E-state index contributed by atoms with van der Waals surface area (Å²) in [4.78, 5) is 38.5. The van der Waals surface area contributed by atoms with Crippen LogP contribution < -0.4 is 0 Å². The van der Waals surface area contributed by atoms with Crippen LogP contribution in [0.15, 0.2) is 72.8 Å². The molecule has 8 nitrogen and oxygen atoms in total. The summed E-state index contributed by atoms with van der Waals surface area (Å²) in [7, 11) is 1.38. The second-order valence-electron chi connectivity index (χ2n) is 7.60. The molecule has 0 bridgehead atoms. The molecule has 3 unspecified atom stereocenters.